The van der Waals surface area contributed by atoms with Gasteiger partial charge in [0.2, 0.25) is 0 Å². The van der Waals surface area contributed by atoms with Crippen LogP contribution in [0.5, 0.6) is 5.75 Å². The summed E-state index contributed by atoms with van der Waals surface area (Å²) < 4.78 is 88.9. The van der Waals surface area contributed by atoms with Gasteiger partial charge < -0.3 is 8.92 Å². The van der Waals surface area contributed by atoms with E-state index in [4.69, 9.17) is 4.74 Å². The van der Waals surface area contributed by atoms with Crippen LogP contribution in [0.4, 0.5) is 17.6 Å². The number of alkyl halides is 3. The number of carbonyl (C=O) groups excluding carboxylic acids is 1. The number of aromatic amines is 1. The minimum atomic E-state index is -6.05. The predicted molar refractivity (Wildman–Crippen MR) is 96.1 cm³/mol. The highest BCUT2D eigenvalue weighted by Gasteiger charge is 2.49. The van der Waals surface area contributed by atoms with Gasteiger partial charge in [0.1, 0.15) is 11.0 Å². The predicted octanol–water partition coefficient (Wildman–Crippen LogP) is 2.87. The molecule has 2 heterocycles. The van der Waals surface area contributed by atoms with E-state index in [0.717, 1.165) is 18.6 Å². The van der Waals surface area contributed by atoms with Crippen molar-refractivity contribution in [3.63, 3.8) is 0 Å². The van der Waals surface area contributed by atoms with Crippen LogP contribution in [0.15, 0.2) is 0 Å². The van der Waals surface area contributed by atoms with Crippen molar-refractivity contribution in [3.05, 3.63) is 16.9 Å². The van der Waals surface area contributed by atoms with Crippen LogP contribution in [-0.2, 0) is 26.1 Å². The Morgan fingerprint density at radius 2 is 1.97 bits per heavy atom. The van der Waals surface area contributed by atoms with E-state index in [-0.39, 0.29) is 28.8 Å². The Hall–Kier alpha value is -1.93. The van der Waals surface area contributed by atoms with E-state index in [2.05, 4.69) is 9.28 Å². The van der Waals surface area contributed by atoms with Crippen molar-refractivity contribution in [1.29, 1.82) is 0 Å². The molecule has 1 N–H and O–H groups in total. The number of halogens is 4. The van der Waals surface area contributed by atoms with Gasteiger partial charge >= 0.3 is 21.6 Å². The molecule has 1 aromatic heterocycles. The molecule has 0 aliphatic carbocycles. The molecule has 0 saturated carbocycles. The summed E-state index contributed by atoms with van der Waals surface area (Å²) in [5, 5.41) is 2.61. The average Bonchev–Trinajstić information content (AvgIpc) is 2.53. The fourth-order valence-electron chi connectivity index (χ4n) is 2.61. The topological polar surface area (TPSA) is 93.6 Å². The lowest BCUT2D eigenvalue weighted by atomic mass is 10.0. The molecule has 0 radical (unpaired) electrons. The largest absolute Gasteiger partial charge is 0.534 e. The highest BCUT2D eigenvalue weighted by molar-refractivity contribution is 7.95. The van der Waals surface area contributed by atoms with Crippen LogP contribution in [0, 0.1) is 12.7 Å². The highest BCUT2D eigenvalue weighted by atomic mass is 32.2. The zero-order valence-corrected chi connectivity index (χ0v) is 16.9. The van der Waals surface area contributed by atoms with Gasteiger partial charge in [0, 0.05) is 18.7 Å². The van der Waals surface area contributed by atoms with Gasteiger partial charge in [-0.05, 0) is 25.8 Å². The van der Waals surface area contributed by atoms with Crippen LogP contribution < -0.4 is 4.18 Å². The highest BCUT2D eigenvalue weighted by Crippen LogP contribution is 2.41. The number of H-pyrrole nitrogens is 1. The lowest BCUT2D eigenvalue weighted by molar-refractivity contribution is -0.142. The van der Waals surface area contributed by atoms with Crippen molar-refractivity contribution in [2.45, 2.75) is 32.2 Å². The summed E-state index contributed by atoms with van der Waals surface area (Å²) >= 11 is 1.03. The first-order valence-corrected chi connectivity index (χ1v) is 10.6. The number of hydrogen-bond donors (Lipinski definition) is 1. The summed E-state index contributed by atoms with van der Waals surface area (Å²) in [6, 6.07) is 0. The summed E-state index contributed by atoms with van der Waals surface area (Å²) in [5.41, 5.74) is -6.68. The van der Waals surface area contributed by atoms with E-state index in [1.165, 1.54) is 17.9 Å². The number of aromatic nitrogens is 2. The monoisotopic (exact) mass is 459 g/mol. The van der Waals surface area contributed by atoms with Crippen molar-refractivity contribution >= 4 is 39.3 Å². The molecule has 162 valence electrons. The lowest BCUT2D eigenvalue weighted by Crippen LogP contribution is -2.33. The molecule has 3 rings (SSSR count). The molecule has 1 aromatic carbocycles. The molecular weight excluding hydrogens is 442 g/mol. The van der Waals surface area contributed by atoms with Crippen LogP contribution >= 0.6 is 12.1 Å². The number of ether oxygens (including phenoxy) is 1. The maximum atomic E-state index is 14.7. The van der Waals surface area contributed by atoms with E-state index >= 15 is 0 Å². The molecule has 14 heteroatoms. The second-order valence-corrected chi connectivity index (χ2v) is 8.79. The van der Waals surface area contributed by atoms with E-state index < -0.39 is 39.6 Å². The van der Waals surface area contributed by atoms with Gasteiger partial charge in [0.05, 0.1) is 25.2 Å². The van der Waals surface area contributed by atoms with Crippen molar-refractivity contribution in [3.8, 4) is 5.75 Å². The second-order valence-electron chi connectivity index (χ2n) is 6.21. The van der Waals surface area contributed by atoms with Crippen LogP contribution in [-0.4, -0.2) is 53.1 Å². The zero-order chi connectivity index (χ0) is 21.6. The fraction of sp³-hybridized carbons (Fsp3) is 0.533. The van der Waals surface area contributed by atoms with Gasteiger partial charge in [-0.15, -0.1) is 0 Å². The number of esters is 1. The molecule has 0 spiro atoms. The fourth-order valence-corrected chi connectivity index (χ4v) is 4.15. The lowest BCUT2D eigenvalue weighted by Gasteiger charge is -2.31. The standard InChI is InChI=1S/C15H17F4N3O5S2/c1-3-26-10(23)7-9-8(2)11(16)12-13(22(20-12)28-21-5-4-6-21)14(9)27-29(24,25)15(17,18)19/h20H,3-7H2,1-2H3. The number of hydrogen-bond acceptors (Lipinski definition) is 7. The van der Waals surface area contributed by atoms with Gasteiger partial charge in [-0.2, -0.15) is 21.6 Å². The smallest absolute Gasteiger partial charge is 0.466 e. The summed E-state index contributed by atoms with van der Waals surface area (Å²) in [7, 11) is -6.05. The van der Waals surface area contributed by atoms with E-state index in [1.807, 2.05) is 4.31 Å². The van der Waals surface area contributed by atoms with Gasteiger partial charge in [-0.1, -0.05) is 0 Å². The molecule has 0 unspecified atom stereocenters. The summed E-state index contributed by atoms with van der Waals surface area (Å²) in [6.45, 7) is 4.10. The van der Waals surface area contributed by atoms with E-state index in [1.54, 1.807) is 0 Å². The third kappa shape index (κ3) is 4.05. The Morgan fingerprint density at radius 1 is 1.31 bits per heavy atom. The Bertz CT molecular complexity index is 1040. The first-order chi connectivity index (χ1) is 13.5. The molecule has 1 aliphatic heterocycles. The molecule has 1 fully saturated rings. The molecule has 0 atom stereocenters. The minimum absolute atomic E-state index is 0.0131. The Balaban J connectivity index is 2.15. The van der Waals surface area contributed by atoms with Gasteiger partial charge in [-0.25, -0.2) is 12.8 Å². The first-order valence-electron chi connectivity index (χ1n) is 8.47. The molecular formula is C15H17F4N3O5S2. The molecule has 0 amide bonds. The minimum Gasteiger partial charge on any atom is -0.466 e. The number of fused-ring (bicyclic) bond motifs is 1. The number of carbonyl (C=O) groups is 1. The average molecular weight is 459 g/mol. The molecule has 2 aromatic rings. The van der Waals surface area contributed by atoms with Crippen molar-refractivity contribution in [1.82, 2.24) is 13.5 Å². The summed E-state index contributed by atoms with van der Waals surface area (Å²) in [4.78, 5) is 11.9. The third-order valence-electron chi connectivity index (χ3n) is 4.26. The maximum absolute atomic E-state index is 14.7. The molecule has 0 bridgehead atoms. The molecule has 8 nitrogen and oxygen atoms in total. The van der Waals surface area contributed by atoms with Crippen molar-refractivity contribution < 1.29 is 39.7 Å². The maximum Gasteiger partial charge on any atom is 0.534 e. The molecule has 1 saturated heterocycles. The second kappa shape index (κ2) is 7.72. The van der Waals surface area contributed by atoms with Gasteiger partial charge in [-0.3, -0.25) is 9.89 Å². The normalized spacial score (nSPS) is 15.5. The number of benzene rings is 1. The van der Waals surface area contributed by atoms with Crippen molar-refractivity contribution in [2.75, 3.05) is 19.7 Å². The van der Waals surface area contributed by atoms with E-state index in [9.17, 15) is 30.8 Å². The third-order valence-corrected chi connectivity index (χ3v) is 6.25. The van der Waals surface area contributed by atoms with E-state index in [0.29, 0.717) is 13.1 Å². The van der Waals surface area contributed by atoms with Gasteiger partial charge in [0.15, 0.2) is 11.6 Å². The number of rotatable bonds is 7. The summed E-state index contributed by atoms with van der Waals surface area (Å²) in [6.07, 6.45) is 0.255. The molecule has 1 aliphatic rings. The Labute approximate surface area is 167 Å². The van der Waals surface area contributed by atoms with Crippen LogP contribution in [0.3, 0.4) is 0 Å². The summed E-state index contributed by atoms with van der Waals surface area (Å²) in [5.74, 6) is -2.44. The van der Waals surface area contributed by atoms with Crippen molar-refractivity contribution in [2.24, 2.45) is 0 Å². The van der Waals surface area contributed by atoms with Crippen LogP contribution in [0.1, 0.15) is 24.5 Å². The number of nitrogens with zero attached hydrogens (tertiary/aromatic N) is 2. The number of nitrogens with one attached hydrogen (secondary N) is 1. The molecule has 29 heavy (non-hydrogen) atoms. The quantitative estimate of drug-likeness (QED) is 0.224. The Kier molecular flexibility index (Phi) is 5.80. The van der Waals surface area contributed by atoms with Crippen LogP contribution in [0.25, 0.3) is 11.0 Å². The SMILES string of the molecule is CCOC(=O)Cc1c(C)c(F)c2[nH]n(SN3CCC3)c2c1OS(=O)(=O)C(F)(F)F. The van der Waals surface area contributed by atoms with Gasteiger partial charge in [0.25, 0.3) is 0 Å². The zero-order valence-electron chi connectivity index (χ0n) is 15.3. The van der Waals surface area contributed by atoms with Crippen LogP contribution in [0.2, 0.25) is 0 Å². The Morgan fingerprint density at radius 3 is 2.48 bits per heavy atom. The first kappa shape index (κ1) is 21.8.